The second kappa shape index (κ2) is 40.4. The number of methoxy groups -OCH3 is 8. The molecular weight excluding hydrogens is 1360 g/mol. The molecule has 6 N–H and O–H groups in total. The summed E-state index contributed by atoms with van der Waals surface area (Å²) in [7, 11) is 12.1. The third-order valence-corrected chi connectivity index (χ3v) is 18.6. The molecule has 9 rings (SSSR count). The highest BCUT2D eigenvalue weighted by Crippen LogP contribution is 2.45. The van der Waals surface area contributed by atoms with Crippen LogP contribution in [-0.4, -0.2) is 170 Å². The highest BCUT2D eigenvalue weighted by molar-refractivity contribution is 5.96. The number of rotatable bonds is 39. The molecule has 3 aliphatic carbocycles. The van der Waals surface area contributed by atoms with Gasteiger partial charge in [0.05, 0.1) is 97.1 Å². The Kier molecular flexibility index (Phi) is 31.7. The van der Waals surface area contributed by atoms with Crippen molar-refractivity contribution in [3.8, 4) is 68.3 Å². The first kappa shape index (κ1) is 83.1. The van der Waals surface area contributed by atoms with Crippen LogP contribution in [0.4, 0.5) is 0 Å². The lowest BCUT2D eigenvalue weighted by Gasteiger charge is -2.19. The largest absolute Gasteiger partial charge is 0.496 e. The molecule has 5 amide bonds. The van der Waals surface area contributed by atoms with Crippen molar-refractivity contribution >= 4 is 47.4 Å². The van der Waals surface area contributed by atoms with Crippen LogP contribution in [0.2, 0.25) is 0 Å². The standard InChI is InChI=1S/C27H38N4O6.C26H36N4O6.C25H35N3O5/c1-16(2)10-19(12-24(32)28-14-25(33)37-6)29-27(34)20-13-21(31(30-20)15-18-11-17(18)3)26-22(35-4)8-7-9-23(26)36-5;1-16(2)11-18(12-23(31)27-14-24(32)36-5)28-26(33)19-13-20(30(29-19)15-17-9-10-17)25-21(34-3)7-6-8-22(25)35-4;1-16(2)8-11-18(14-23(29)30)26-25(31)19-15-20(28(27-19)13-12-17-9-10-17)24-21(32-3)6-5-7-22(24)33-4/h7-9,13,16-19H,10-12,14-15H2,1-6H3,(H,28,32)(H,29,34);6-8,13,16-18H,9-12,14-15H2,1-5H3,(H,27,31)(H,28,33);5-7,15-18H,8-14H2,1-4H3,(H,26,31)(H,29,30)/t17?,18?,19-;2*18-/m000/s1. The molecule has 0 radical (unpaired) electrons. The Balaban J connectivity index is 0.000000222. The summed E-state index contributed by atoms with van der Waals surface area (Å²) < 4.78 is 48.2. The molecule has 28 nitrogen and oxygen atoms in total. The second-order valence-electron chi connectivity index (χ2n) is 28.5. The van der Waals surface area contributed by atoms with Crippen molar-refractivity contribution in [1.29, 1.82) is 0 Å². The number of aliphatic carboxylic acids is 1. The summed E-state index contributed by atoms with van der Waals surface area (Å²) in [6.07, 6.45) is 9.39. The van der Waals surface area contributed by atoms with Gasteiger partial charge < -0.3 is 69.6 Å². The minimum atomic E-state index is -0.932. The van der Waals surface area contributed by atoms with Gasteiger partial charge in [-0.1, -0.05) is 79.5 Å². The Hall–Kier alpha value is -10.2. The van der Waals surface area contributed by atoms with Crippen molar-refractivity contribution in [3.63, 3.8) is 0 Å². The van der Waals surface area contributed by atoms with Crippen LogP contribution in [0.25, 0.3) is 33.8 Å². The van der Waals surface area contributed by atoms with E-state index in [0.717, 1.165) is 65.9 Å². The number of carboxylic acid groups (broad SMARTS) is 1. The molecule has 106 heavy (non-hydrogen) atoms. The highest BCUT2D eigenvalue weighted by Gasteiger charge is 2.36. The Morgan fingerprint density at radius 1 is 0.472 bits per heavy atom. The monoisotopic (exact) mass is 1470 g/mol. The fourth-order valence-electron chi connectivity index (χ4n) is 12.4. The average Bonchev–Trinajstić information content (AvgIpc) is 1.66. The molecule has 0 saturated heterocycles. The SMILES string of the molecule is COC(=O)CNC(=O)C[C@H](CC(C)C)NC(=O)c1cc(-c2c(OC)cccc2OC)n(CC2CC2)n1.COC(=O)CNC(=O)C[C@H](CC(C)C)NC(=O)c1cc(-c2c(OC)cccc2OC)n(CC2CC2C)n1.COc1cccc(OC)c1-c1cc(C(=O)N[C@@H](CCC(C)C)CC(=O)O)nn1CCC1CC1. The first-order valence-electron chi connectivity index (χ1n) is 36.4. The molecule has 0 spiro atoms. The number of esters is 2. The van der Waals surface area contributed by atoms with E-state index in [1.54, 1.807) is 60.9 Å². The molecule has 3 aromatic carbocycles. The van der Waals surface area contributed by atoms with Crippen LogP contribution < -0.4 is 55.0 Å². The number of aryl methyl sites for hydroxylation is 1. The maximum absolute atomic E-state index is 13.3. The number of hydrogen-bond donors (Lipinski definition) is 6. The zero-order valence-corrected chi connectivity index (χ0v) is 64.1. The lowest BCUT2D eigenvalue weighted by Crippen LogP contribution is -2.41. The van der Waals surface area contributed by atoms with Crippen molar-refractivity contribution in [1.82, 2.24) is 55.9 Å². The van der Waals surface area contributed by atoms with E-state index in [4.69, 9.17) is 28.4 Å². The van der Waals surface area contributed by atoms with E-state index in [1.807, 2.05) is 96.3 Å². The molecule has 28 heteroatoms. The summed E-state index contributed by atoms with van der Waals surface area (Å²) in [6, 6.07) is 20.6. The Labute approximate surface area is 621 Å². The van der Waals surface area contributed by atoms with Crippen molar-refractivity contribution in [2.24, 2.45) is 41.4 Å². The Morgan fingerprint density at radius 2 is 0.821 bits per heavy atom. The smallest absolute Gasteiger partial charge is 0.325 e. The number of nitrogens with zero attached hydrogens (tertiary/aromatic N) is 6. The number of carbonyl (C=O) groups excluding carboxylic acids is 7. The topological polar surface area (TPSA) is 344 Å². The minimum absolute atomic E-state index is 0.0361. The summed E-state index contributed by atoms with van der Waals surface area (Å²) in [4.78, 5) is 98.5. The molecule has 3 saturated carbocycles. The molecule has 6 aromatic rings. The minimum Gasteiger partial charge on any atom is -0.496 e. The van der Waals surface area contributed by atoms with E-state index in [1.165, 1.54) is 27.1 Å². The van der Waals surface area contributed by atoms with Gasteiger partial charge in [0.25, 0.3) is 17.7 Å². The first-order valence-corrected chi connectivity index (χ1v) is 36.4. The molecule has 3 heterocycles. The number of amides is 5. The predicted octanol–water partition coefficient (Wildman–Crippen LogP) is 10.2. The molecule has 0 bridgehead atoms. The fourth-order valence-corrected chi connectivity index (χ4v) is 12.4. The van der Waals surface area contributed by atoms with E-state index in [2.05, 4.69) is 72.1 Å². The van der Waals surface area contributed by atoms with Gasteiger partial charge in [0.1, 0.15) is 47.6 Å². The van der Waals surface area contributed by atoms with Crippen molar-refractivity contribution < 1.29 is 81.4 Å². The van der Waals surface area contributed by atoms with Gasteiger partial charge in [-0.2, -0.15) is 15.3 Å². The number of aromatic nitrogens is 6. The van der Waals surface area contributed by atoms with Gasteiger partial charge in [-0.05, 0) is 147 Å². The van der Waals surface area contributed by atoms with Crippen molar-refractivity contribution in [2.75, 3.05) is 70.0 Å². The number of nitrogens with one attached hydrogen (secondary N) is 5. The van der Waals surface area contributed by atoms with Crippen LogP contribution in [0, 0.1) is 41.4 Å². The highest BCUT2D eigenvalue weighted by atomic mass is 16.5. The van der Waals surface area contributed by atoms with E-state index in [-0.39, 0.29) is 90.8 Å². The number of carbonyl (C=O) groups is 8. The molecule has 3 aliphatic rings. The first-order chi connectivity index (χ1) is 50.7. The zero-order chi connectivity index (χ0) is 77.3. The third-order valence-electron chi connectivity index (χ3n) is 18.6. The van der Waals surface area contributed by atoms with Crippen LogP contribution in [0.3, 0.4) is 0 Å². The summed E-state index contributed by atoms with van der Waals surface area (Å²) >= 11 is 0. The number of ether oxygens (including phenoxy) is 8. The van der Waals surface area contributed by atoms with E-state index < -0.39 is 36.0 Å². The third kappa shape index (κ3) is 25.0. The lowest BCUT2D eigenvalue weighted by atomic mass is 10.0. The predicted molar refractivity (Wildman–Crippen MR) is 398 cm³/mol. The van der Waals surface area contributed by atoms with Gasteiger partial charge in [0.2, 0.25) is 11.8 Å². The number of hydrogen-bond acceptors (Lipinski definition) is 19. The number of carboxylic acids is 1. The zero-order valence-electron chi connectivity index (χ0n) is 64.1. The second-order valence-corrected chi connectivity index (χ2v) is 28.5. The quantitative estimate of drug-likeness (QED) is 0.0195. The summed E-state index contributed by atoms with van der Waals surface area (Å²) in [5.74, 6) is 3.18. The Bertz CT molecular complexity index is 3880. The fraction of sp³-hybridized carbons (Fsp3) is 0.551. The molecule has 2 unspecified atom stereocenters. The van der Waals surface area contributed by atoms with E-state index in [9.17, 15) is 43.5 Å². The normalized spacial score (nSPS) is 15.1. The number of benzene rings is 3. The van der Waals surface area contributed by atoms with Gasteiger partial charge in [0, 0.05) is 50.6 Å². The Morgan fingerprint density at radius 3 is 1.14 bits per heavy atom. The maximum Gasteiger partial charge on any atom is 0.325 e. The summed E-state index contributed by atoms with van der Waals surface area (Å²) in [5, 5.41) is 37.1. The molecule has 0 aliphatic heterocycles. The maximum atomic E-state index is 13.3. The van der Waals surface area contributed by atoms with Gasteiger partial charge in [-0.3, -0.25) is 52.4 Å². The lowest BCUT2D eigenvalue weighted by molar-refractivity contribution is -0.141. The van der Waals surface area contributed by atoms with Crippen LogP contribution in [0.5, 0.6) is 34.5 Å². The van der Waals surface area contributed by atoms with Crippen LogP contribution in [0.1, 0.15) is 163 Å². The van der Waals surface area contributed by atoms with Crippen LogP contribution in [-0.2, 0) is 53.1 Å². The van der Waals surface area contributed by atoms with E-state index >= 15 is 0 Å². The molecule has 3 aromatic heterocycles. The molecule has 5 atom stereocenters. The molecule has 3 fully saturated rings. The summed E-state index contributed by atoms with van der Waals surface area (Å²) in [5.41, 5.74) is 5.17. The van der Waals surface area contributed by atoms with Gasteiger partial charge in [-0.25, -0.2) is 0 Å². The average molecular weight is 1470 g/mol. The van der Waals surface area contributed by atoms with Gasteiger partial charge in [-0.15, -0.1) is 0 Å². The molecule has 578 valence electrons. The molecular formula is C78H109N11O17. The van der Waals surface area contributed by atoms with Crippen molar-refractivity contribution in [3.05, 3.63) is 89.9 Å². The van der Waals surface area contributed by atoms with Crippen LogP contribution >= 0.6 is 0 Å². The van der Waals surface area contributed by atoms with Crippen LogP contribution in [0.15, 0.2) is 72.8 Å². The van der Waals surface area contributed by atoms with Gasteiger partial charge >= 0.3 is 17.9 Å². The van der Waals surface area contributed by atoms with E-state index in [0.29, 0.717) is 103 Å². The summed E-state index contributed by atoms with van der Waals surface area (Å²) in [6.45, 7) is 16.0. The van der Waals surface area contributed by atoms with Gasteiger partial charge in [0.15, 0.2) is 17.1 Å². The van der Waals surface area contributed by atoms with Crippen molar-refractivity contribution in [2.45, 2.75) is 170 Å².